The first-order chi connectivity index (χ1) is 13.4. The molecule has 0 radical (unpaired) electrons. The highest BCUT2D eigenvalue weighted by Crippen LogP contribution is 2.25. The average molecular weight is 393 g/mol. The van der Waals surface area contributed by atoms with Gasteiger partial charge in [0.2, 0.25) is 10.0 Å². The molecule has 0 bridgehead atoms. The summed E-state index contributed by atoms with van der Waals surface area (Å²) in [5, 5.41) is 15.4. The Bertz CT molecular complexity index is 1280. The van der Waals surface area contributed by atoms with Crippen LogP contribution in [-0.2, 0) is 10.0 Å². The van der Waals surface area contributed by atoms with Gasteiger partial charge in [-0.25, -0.2) is 13.6 Å². The highest BCUT2D eigenvalue weighted by molar-refractivity contribution is 7.89. The van der Waals surface area contributed by atoms with Crippen molar-refractivity contribution in [2.24, 2.45) is 5.14 Å². The number of carbonyl (C=O) groups excluding carboxylic acids is 1. The van der Waals surface area contributed by atoms with Crippen molar-refractivity contribution in [1.29, 1.82) is 0 Å². The number of pyridine rings is 1. The molecule has 1 amide bonds. The van der Waals surface area contributed by atoms with Crippen molar-refractivity contribution >= 4 is 32.5 Å². The minimum atomic E-state index is -3.86. The standard InChI is InChI=1S/C19H15N5O3S/c20-28(26,27)15-5-1-4-14(10-15)22-19(25)18-16-9-12(6-7-17(16)23-24-18)13-3-2-8-21-11-13/h1-11H,(H,22,25)(H,23,24)(H2,20,26,27). The minimum absolute atomic E-state index is 0.0870. The Morgan fingerprint density at radius 2 is 1.89 bits per heavy atom. The Balaban J connectivity index is 1.68. The van der Waals surface area contributed by atoms with E-state index < -0.39 is 15.9 Å². The molecule has 0 fully saturated rings. The maximum absolute atomic E-state index is 12.7. The Morgan fingerprint density at radius 3 is 2.64 bits per heavy atom. The largest absolute Gasteiger partial charge is 0.321 e. The van der Waals surface area contributed by atoms with E-state index in [2.05, 4.69) is 20.5 Å². The molecule has 0 atom stereocenters. The van der Waals surface area contributed by atoms with Gasteiger partial charge in [0, 0.05) is 29.0 Å². The van der Waals surface area contributed by atoms with Gasteiger partial charge in [0.05, 0.1) is 10.4 Å². The number of H-pyrrole nitrogens is 1. The second-order valence-electron chi connectivity index (χ2n) is 6.10. The molecule has 0 saturated heterocycles. The van der Waals surface area contributed by atoms with Crippen LogP contribution in [0, 0.1) is 0 Å². The fraction of sp³-hybridized carbons (Fsp3) is 0. The van der Waals surface area contributed by atoms with Gasteiger partial charge in [-0.3, -0.25) is 14.9 Å². The number of benzene rings is 2. The van der Waals surface area contributed by atoms with Crippen LogP contribution in [0.3, 0.4) is 0 Å². The molecular formula is C19H15N5O3S. The van der Waals surface area contributed by atoms with Gasteiger partial charge in [0.15, 0.2) is 5.69 Å². The summed E-state index contributed by atoms with van der Waals surface area (Å²) in [4.78, 5) is 16.7. The van der Waals surface area contributed by atoms with Crippen molar-refractivity contribution in [2.75, 3.05) is 5.32 Å². The Morgan fingerprint density at radius 1 is 1.04 bits per heavy atom. The van der Waals surface area contributed by atoms with Crippen LogP contribution in [0.5, 0.6) is 0 Å². The summed E-state index contributed by atoms with van der Waals surface area (Å²) in [6.07, 6.45) is 3.42. The first kappa shape index (κ1) is 17.8. The lowest BCUT2D eigenvalue weighted by molar-refractivity contribution is 0.102. The van der Waals surface area contributed by atoms with Crippen molar-refractivity contribution < 1.29 is 13.2 Å². The molecule has 0 unspecified atom stereocenters. The second kappa shape index (κ2) is 6.87. The smallest absolute Gasteiger partial charge is 0.276 e. The lowest BCUT2D eigenvalue weighted by Gasteiger charge is -2.06. The molecule has 2 heterocycles. The second-order valence-corrected chi connectivity index (χ2v) is 7.66. The number of aromatic nitrogens is 3. The number of aromatic amines is 1. The van der Waals surface area contributed by atoms with Crippen molar-refractivity contribution in [3.63, 3.8) is 0 Å². The van der Waals surface area contributed by atoms with Crippen LogP contribution in [0.4, 0.5) is 5.69 Å². The van der Waals surface area contributed by atoms with E-state index in [9.17, 15) is 13.2 Å². The topological polar surface area (TPSA) is 131 Å². The minimum Gasteiger partial charge on any atom is -0.321 e. The van der Waals surface area contributed by atoms with Gasteiger partial charge in [0.1, 0.15) is 0 Å². The number of rotatable bonds is 4. The predicted molar refractivity (Wildman–Crippen MR) is 105 cm³/mol. The number of fused-ring (bicyclic) bond motifs is 1. The van der Waals surface area contributed by atoms with Gasteiger partial charge in [-0.15, -0.1) is 0 Å². The van der Waals surface area contributed by atoms with E-state index in [1.54, 1.807) is 18.5 Å². The molecule has 9 heteroatoms. The SMILES string of the molecule is NS(=O)(=O)c1cccc(NC(=O)c2n[nH]c3ccc(-c4cccnc4)cc23)c1. The summed E-state index contributed by atoms with van der Waals surface area (Å²) < 4.78 is 23.0. The Labute approximate surface area is 160 Å². The lowest BCUT2D eigenvalue weighted by Crippen LogP contribution is -2.15. The fourth-order valence-corrected chi connectivity index (χ4v) is 3.40. The number of nitrogens with two attached hydrogens (primary N) is 1. The zero-order valence-electron chi connectivity index (χ0n) is 14.5. The normalized spacial score (nSPS) is 11.5. The van der Waals surface area contributed by atoms with Crippen molar-refractivity contribution in [3.8, 4) is 11.1 Å². The number of hydrogen-bond acceptors (Lipinski definition) is 5. The van der Waals surface area contributed by atoms with Gasteiger partial charge in [-0.05, 0) is 42.0 Å². The summed E-state index contributed by atoms with van der Waals surface area (Å²) in [5.74, 6) is -0.471. The van der Waals surface area contributed by atoms with E-state index in [4.69, 9.17) is 5.14 Å². The number of primary sulfonamides is 1. The first-order valence-electron chi connectivity index (χ1n) is 8.24. The zero-order valence-corrected chi connectivity index (χ0v) is 15.3. The monoisotopic (exact) mass is 393 g/mol. The summed E-state index contributed by atoms with van der Waals surface area (Å²) >= 11 is 0. The van der Waals surface area contributed by atoms with Gasteiger partial charge >= 0.3 is 0 Å². The number of nitrogens with zero attached hydrogens (tertiary/aromatic N) is 2. The van der Waals surface area contributed by atoms with Crippen LogP contribution in [0.1, 0.15) is 10.5 Å². The van der Waals surface area contributed by atoms with E-state index in [0.717, 1.165) is 11.1 Å². The van der Waals surface area contributed by atoms with Crippen LogP contribution >= 0.6 is 0 Å². The molecule has 28 heavy (non-hydrogen) atoms. The van der Waals surface area contributed by atoms with Gasteiger partial charge < -0.3 is 5.32 Å². The van der Waals surface area contributed by atoms with Crippen LogP contribution < -0.4 is 10.5 Å². The first-order valence-corrected chi connectivity index (χ1v) is 9.79. The van der Waals surface area contributed by atoms with Crippen LogP contribution in [0.15, 0.2) is 71.9 Å². The van der Waals surface area contributed by atoms with E-state index in [0.29, 0.717) is 16.6 Å². The van der Waals surface area contributed by atoms with Crippen molar-refractivity contribution in [3.05, 3.63) is 72.7 Å². The predicted octanol–water partition coefficient (Wildman–Crippen LogP) is 2.52. The average Bonchev–Trinajstić information content (AvgIpc) is 3.11. The molecule has 0 spiro atoms. The molecule has 4 N–H and O–H groups in total. The Kier molecular flexibility index (Phi) is 4.38. The maximum Gasteiger partial charge on any atom is 0.276 e. The van der Waals surface area contributed by atoms with Gasteiger partial charge in [-0.1, -0.05) is 18.2 Å². The molecule has 0 aliphatic heterocycles. The number of anilines is 1. The van der Waals surface area contributed by atoms with Crippen LogP contribution in [-0.4, -0.2) is 29.5 Å². The highest BCUT2D eigenvalue weighted by Gasteiger charge is 2.16. The van der Waals surface area contributed by atoms with E-state index in [-0.39, 0.29) is 10.6 Å². The molecule has 0 aliphatic carbocycles. The molecule has 0 aliphatic rings. The molecule has 4 rings (SSSR count). The molecule has 140 valence electrons. The molecule has 2 aromatic carbocycles. The van der Waals surface area contributed by atoms with E-state index in [1.165, 1.54) is 18.2 Å². The van der Waals surface area contributed by atoms with Gasteiger partial charge in [0.25, 0.3) is 5.91 Å². The van der Waals surface area contributed by atoms with Crippen LogP contribution in [0.2, 0.25) is 0 Å². The Hall–Kier alpha value is -3.56. The molecule has 2 aromatic heterocycles. The summed E-state index contributed by atoms with van der Waals surface area (Å²) in [7, 11) is -3.86. The highest BCUT2D eigenvalue weighted by atomic mass is 32.2. The number of nitrogens with one attached hydrogen (secondary N) is 2. The number of amides is 1. The maximum atomic E-state index is 12.7. The third-order valence-electron chi connectivity index (χ3n) is 4.19. The number of hydrogen-bond donors (Lipinski definition) is 3. The number of sulfonamides is 1. The van der Waals surface area contributed by atoms with E-state index >= 15 is 0 Å². The third kappa shape index (κ3) is 3.48. The summed E-state index contributed by atoms with van der Waals surface area (Å²) in [6, 6.07) is 15.1. The number of carbonyl (C=O) groups is 1. The summed E-state index contributed by atoms with van der Waals surface area (Å²) in [6.45, 7) is 0. The van der Waals surface area contributed by atoms with E-state index in [1.807, 2.05) is 30.3 Å². The molecular weight excluding hydrogens is 378 g/mol. The van der Waals surface area contributed by atoms with Crippen molar-refractivity contribution in [2.45, 2.75) is 4.90 Å². The molecule has 4 aromatic rings. The lowest BCUT2D eigenvalue weighted by atomic mass is 10.0. The third-order valence-corrected chi connectivity index (χ3v) is 5.10. The van der Waals surface area contributed by atoms with Crippen molar-refractivity contribution in [1.82, 2.24) is 15.2 Å². The molecule has 0 saturated carbocycles. The van der Waals surface area contributed by atoms with Gasteiger partial charge in [-0.2, -0.15) is 5.10 Å². The zero-order chi connectivity index (χ0) is 19.7. The summed E-state index contributed by atoms with van der Waals surface area (Å²) in [5.41, 5.74) is 3.01. The molecule has 8 nitrogen and oxygen atoms in total. The fourth-order valence-electron chi connectivity index (χ4n) is 2.84. The van der Waals surface area contributed by atoms with Crippen LogP contribution in [0.25, 0.3) is 22.0 Å². The quantitative estimate of drug-likeness (QED) is 0.490.